The molecule has 1 aromatic carbocycles. The number of ether oxygens (including phenoxy) is 1. The van der Waals surface area contributed by atoms with E-state index in [9.17, 15) is 19.1 Å². The van der Waals surface area contributed by atoms with Gasteiger partial charge in [0.2, 0.25) is 0 Å². The quantitative estimate of drug-likeness (QED) is 0.754. The average molecular weight is 358 g/mol. The molecule has 0 fully saturated rings. The van der Waals surface area contributed by atoms with E-state index in [1.54, 1.807) is 31.1 Å². The number of halogens is 1. The SMILES string of the molecule is CC(C)C[C@@H](C(=O)O)N1CC(Oc2cccc(N(C)C)c2F)=CC1=O.[LiH]. The van der Waals surface area contributed by atoms with Gasteiger partial charge >= 0.3 is 24.8 Å². The molecule has 1 heterocycles. The summed E-state index contributed by atoms with van der Waals surface area (Å²) in [6, 6.07) is 3.81. The van der Waals surface area contributed by atoms with E-state index < -0.39 is 23.7 Å². The number of aliphatic carboxylic acids is 1. The molecule has 0 aliphatic carbocycles. The van der Waals surface area contributed by atoms with Crippen LogP contribution in [0.4, 0.5) is 10.1 Å². The van der Waals surface area contributed by atoms with Gasteiger partial charge in [-0.25, -0.2) is 9.18 Å². The zero-order chi connectivity index (χ0) is 18.7. The summed E-state index contributed by atoms with van der Waals surface area (Å²) in [6.45, 7) is 3.79. The minimum atomic E-state index is -1.06. The Bertz CT molecular complexity index is 706. The number of carboxylic acids is 1. The van der Waals surface area contributed by atoms with Crippen LogP contribution in [0.1, 0.15) is 20.3 Å². The number of benzene rings is 1. The van der Waals surface area contributed by atoms with E-state index in [-0.39, 0.29) is 42.8 Å². The molecule has 1 amide bonds. The monoisotopic (exact) mass is 358 g/mol. The van der Waals surface area contributed by atoms with E-state index in [0.29, 0.717) is 12.1 Å². The minimum absolute atomic E-state index is 0. The van der Waals surface area contributed by atoms with Crippen molar-refractivity contribution < 1.29 is 23.8 Å². The summed E-state index contributed by atoms with van der Waals surface area (Å²) in [7, 11) is 3.43. The summed E-state index contributed by atoms with van der Waals surface area (Å²) in [4.78, 5) is 26.5. The topological polar surface area (TPSA) is 70.1 Å². The standard InChI is InChI=1S/C18H23FN2O4.Li.H/c1-11(2)8-14(18(23)24)21-10-12(9-16(21)22)25-15-7-5-6-13(17(15)19)20(3)4;;/h5-7,9,11,14H,8,10H2,1-4H3,(H,23,24);;/t14-;;/m0../s1. The van der Waals surface area contributed by atoms with E-state index in [1.165, 1.54) is 17.0 Å². The van der Waals surface area contributed by atoms with Crippen LogP contribution in [-0.4, -0.2) is 67.4 Å². The van der Waals surface area contributed by atoms with Crippen molar-refractivity contribution in [1.29, 1.82) is 0 Å². The van der Waals surface area contributed by atoms with Crippen LogP contribution in [0, 0.1) is 11.7 Å². The van der Waals surface area contributed by atoms with E-state index in [1.807, 2.05) is 13.8 Å². The molecule has 6 nitrogen and oxygen atoms in total. The molecule has 26 heavy (non-hydrogen) atoms. The van der Waals surface area contributed by atoms with Crippen LogP contribution in [0.5, 0.6) is 5.75 Å². The van der Waals surface area contributed by atoms with Crippen molar-refractivity contribution in [2.45, 2.75) is 26.3 Å². The first-order valence-corrected chi connectivity index (χ1v) is 8.08. The van der Waals surface area contributed by atoms with Crippen LogP contribution in [0.15, 0.2) is 30.0 Å². The second-order valence-corrected chi connectivity index (χ2v) is 6.65. The number of nitrogens with zero attached hydrogens (tertiary/aromatic N) is 2. The molecule has 0 aromatic heterocycles. The Labute approximate surface area is 164 Å². The zero-order valence-corrected chi connectivity index (χ0v) is 14.8. The number of amides is 1. The fraction of sp³-hybridized carbons (Fsp3) is 0.444. The van der Waals surface area contributed by atoms with Gasteiger partial charge in [-0.05, 0) is 24.5 Å². The summed E-state index contributed by atoms with van der Waals surface area (Å²) in [5, 5.41) is 9.39. The Hall–Kier alpha value is -1.97. The first kappa shape index (κ1) is 22.1. The van der Waals surface area contributed by atoms with Crippen molar-refractivity contribution >= 4 is 36.4 Å². The molecule has 0 unspecified atom stereocenters. The molecule has 0 saturated carbocycles. The van der Waals surface area contributed by atoms with Crippen molar-refractivity contribution in [3.63, 3.8) is 0 Å². The molecule has 8 heteroatoms. The molecule has 0 radical (unpaired) electrons. The fourth-order valence-corrected chi connectivity index (χ4v) is 2.71. The summed E-state index contributed by atoms with van der Waals surface area (Å²) >= 11 is 0. The van der Waals surface area contributed by atoms with Gasteiger partial charge in [-0.1, -0.05) is 19.9 Å². The second-order valence-electron chi connectivity index (χ2n) is 6.65. The molecule has 0 spiro atoms. The van der Waals surface area contributed by atoms with E-state index >= 15 is 0 Å². The maximum atomic E-state index is 14.4. The van der Waals surface area contributed by atoms with E-state index in [4.69, 9.17) is 4.74 Å². The van der Waals surface area contributed by atoms with Gasteiger partial charge < -0.3 is 19.6 Å². The molecule has 1 N–H and O–H groups in total. The third-order valence-corrected chi connectivity index (χ3v) is 3.92. The fourth-order valence-electron chi connectivity index (χ4n) is 2.71. The summed E-state index contributed by atoms with van der Waals surface area (Å²) in [5.41, 5.74) is 0.363. The number of hydrogen-bond donors (Lipinski definition) is 1. The van der Waals surface area contributed by atoms with Crippen molar-refractivity contribution in [1.82, 2.24) is 4.90 Å². The van der Waals surface area contributed by atoms with Crippen LogP contribution in [0.2, 0.25) is 0 Å². The van der Waals surface area contributed by atoms with Crippen LogP contribution in [0.3, 0.4) is 0 Å². The van der Waals surface area contributed by atoms with E-state index in [0.717, 1.165) is 0 Å². The first-order valence-electron chi connectivity index (χ1n) is 8.08. The molecule has 2 rings (SSSR count). The third kappa shape index (κ3) is 5.02. The second kappa shape index (κ2) is 9.11. The van der Waals surface area contributed by atoms with Crippen LogP contribution >= 0.6 is 0 Å². The first-order chi connectivity index (χ1) is 11.7. The predicted octanol–water partition coefficient (Wildman–Crippen LogP) is 1.85. The molecule has 0 saturated heterocycles. The molecule has 0 bridgehead atoms. The molecular weight excluding hydrogens is 334 g/mol. The number of rotatable bonds is 7. The number of carbonyl (C=O) groups excluding carboxylic acids is 1. The number of hydrogen-bond acceptors (Lipinski definition) is 4. The Morgan fingerprint density at radius 1 is 1.38 bits per heavy atom. The van der Waals surface area contributed by atoms with Gasteiger partial charge in [0.1, 0.15) is 11.8 Å². The van der Waals surface area contributed by atoms with Crippen molar-refractivity contribution in [3.05, 3.63) is 35.9 Å². The van der Waals surface area contributed by atoms with Gasteiger partial charge in [0.25, 0.3) is 5.91 Å². The maximum absolute atomic E-state index is 14.4. The molecular formula is C18H24FLiN2O4. The summed E-state index contributed by atoms with van der Waals surface area (Å²) in [6.07, 6.45) is 1.56. The molecule has 1 atom stereocenters. The van der Waals surface area contributed by atoms with Gasteiger partial charge in [0.15, 0.2) is 11.6 Å². The predicted molar refractivity (Wildman–Crippen MR) is 99.2 cm³/mol. The van der Waals surface area contributed by atoms with Gasteiger partial charge in [0.05, 0.1) is 12.2 Å². The number of anilines is 1. The van der Waals surface area contributed by atoms with Crippen molar-refractivity contribution in [2.75, 3.05) is 25.5 Å². The van der Waals surface area contributed by atoms with Gasteiger partial charge in [-0.2, -0.15) is 0 Å². The third-order valence-electron chi connectivity index (χ3n) is 3.92. The Morgan fingerprint density at radius 2 is 2.04 bits per heavy atom. The van der Waals surface area contributed by atoms with Crippen LogP contribution in [-0.2, 0) is 9.59 Å². The van der Waals surface area contributed by atoms with Crippen LogP contribution < -0.4 is 9.64 Å². The normalized spacial score (nSPS) is 14.8. The number of carbonyl (C=O) groups is 2. The Morgan fingerprint density at radius 3 is 2.58 bits per heavy atom. The van der Waals surface area contributed by atoms with Gasteiger partial charge in [0, 0.05) is 20.2 Å². The van der Waals surface area contributed by atoms with Gasteiger partial charge in [-0.15, -0.1) is 0 Å². The average Bonchev–Trinajstić information content (AvgIpc) is 2.86. The Kier molecular flexibility index (Phi) is 7.73. The van der Waals surface area contributed by atoms with E-state index in [2.05, 4.69) is 0 Å². The summed E-state index contributed by atoms with van der Waals surface area (Å²) < 4.78 is 20.0. The van der Waals surface area contributed by atoms with Crippen LogP contribution in [0.25, 0.3) is 0 Å². The summed E-state index contributed by atoms with van der Waals surface area (Å²) in [5.74, 6) is -1.67. The van der Waals surface area contributed by atoms with Crippen molar-refractivity contribution in [2.24, 2.45) is 5.92 Å². The Balaban J connectivity index is 0.00000338. The number of carboxylic acid groups (broad SMARTS) is 1. The molecule has 1 aliphatic rings. The van der Waals surface area contributed by atoms with Crippen molar-refractivity contribution in [3.8, 4) is 5.75 Å². The zero-order valence-electron chi connectivity index (χ0n) is 14.8. The molecule has 1 aliphatic heterocycles. The molecule has 138 valence electrons. The molecule has 1 aromatic rings. The van der Waals surface area contributed by atoms with Gasteiger partial charge in [-0.3, -0.25) is 4.79 Å².